The Hall–Kier alpha value is -3.14. The zero-order chi connectivity index (χ0) is 20.4. The molecular weight excluding hydrogens is 408 g/mol. The monoisotopic (exact) mass is 424 g/mol. The fraction of sp³-hybridized carbons (Fsp3) is 0.0500. The lowest BCUT2D eigenvalue weighted by Crippen LogP contribution is -2.22. The van der Waals surface area contributed by atoms with E-state index in [9.17, 15) is 13.2 Å². The maximum Gasteiger partial charge on any atom is 0.252 e. The van der Waals surface area contributed by atoms with Crippen molar-refractivity contribution >= 4 is 38.2 Å². The summed E-state index contributed by atoms with van der Waals surface area (Å²) in [6, 6.07) is 15.9. The lowest BCUT2D eigenvalue weighted by atomic mass is 10.0. The van der Waals surface area contributed by atoms with Gasteiger partial charge in [0.15, 0.2) is 0 Å². The number of nitrogens with two attached hydrogens (primary N) is 1. The van der Waals surface area contributed by atoms with E-state index < -0.39 is 10.0 Å². The minimum Gasteiger partial charge on any atom is -0.347 e. The first-order valence-electron chi connectivity index (χ1n) is 8.62. The molecule has 146 valence electrons. The van der Waals surface area contributed by atoms with Crippen molar-refractivity contribution in [1.29, 1.82) is 0 Å². The molecule has 0 aliphatic rings. The van der Waals surface area contributed by atoms with E-state index in [4.69, 9.17) is 5.14 Å². The number of pyridine rings is 2. The van der Waals surface area contributed by atoms with Crippen molar-refractivity contribution in [1.82, 2.24) is 15.3 Å². The Balaban J connectivity index is 1.65. The highest BCUT2D eigenvalue weighted by molar-refractivity contribution is 7.91. The number of nitrogens with one attached hydrogen (secondary N) is 1. The van der Waals surface area contributed by atoms with Gasteiger partial charge in [-0.25, -0.2) is 18.5 Å². The minimum absolute atomic E-state index is 0.0658. The van der Waals surface area contributed by atoms with E-state index in [-0.39, 0.29) is 16.7 Å². The van der Waals surface area contributed by atoms with Gasteiger partial charge < -0.3 is 5.32 Å². The maximum absolute atomic E-state index is 12.9. The number of thiophene rings is 1. The van der Waals surface area contributed by atoms with E-state index in [1.807, 2.05) is 36.4 Å². The second-order valence-corrected chi connectivity index (χ2v) is 9.21. The molecular formula is C20H16N4O3S2. The number of sulfonamides is 1. The Morgan fingerprint density at radius 2 is 1.83 bits per heavy atom. The van der Waals surface area contributed by atoms with Crippen molar-refractivity contribution in [2.45, 2.75) is 10.8 Å². The van der Waals surface area contributed by atoms with Crippen LogP contribution in [0.2, 0.25) is 0 Å². The number of primary sulfonamides is 1. The van der Waals surface area contributed by atoms with Crippen molar-refractivity contribution in [3.63, 3.8) is 0 Å². The van der Waals surface area contributed by atoms with Gasteiger partial charge in [-0.15, -0.1) is 11.3 Å². The molecule has 9 heteroatoms. The predicted molar refractivity (Wildman–Crippen MR) is 112 cm³/mol. The molecule has 0 aliphatic heterocycles. The highest BCUT2D eigenvalue weighted by atomic mass is 32.2. The second-order valence-electron chi connectivity index (χ2n) is 6.26. The van der Waals surface area contributed by atoms with Gasteiger partial charge in [-0.3, -0.25) is 9.78 Å². The quantitative estimate of drug-likeness (QED) is 0.511. The van der Waals surface area contributed by atoms with E-state index in [1.165, 1.54) is 6.07 Å². The van der Waals surface area contributed by atoms with E-state index in [0.717, 1.165) is 22.3 Å². The van der Waals surface area contributed by atoms with Crippen LogP contribution < -0.4 is 10.5 Å². The first-order chi connectivity index (χ1) is 13.9. The zero-order valence-electron chi connectivity index (χ0n) is 15.1. The molecule has 7 nitrogen and oxygen atoms in total. The fourth-order valence-corrected chi connectivity index (χ4v) is 4.62. The summed E-state index contributed by atoms with van der Waals surface area (Å²) in [5, 5.41) is 8.72. The Labute approximate surface area is 171 Å². The minimum atomic E-state index is -3.75. The van der Waals surface area contributed by atoms with Gasteiger partial charge in [0.25, 0.3) is 5.91 Å². The summed E-state index contributed by atoms with van der Waals surface area (Å²) < 4.78 is 22.9. The van der Waals surface area contributed by atoms with Crippen LogP contribution in [0.15, 0.2) is 71.2 Å². The molecule has 0 fully saturated rings. The summed E-state index contributed by atoms with van der Waals surface area (Å²) in [5.74, 6) is -0.274. The number of amides is 1. The SMILES string of the molecule is NS(=O)(=O)c1ccc(CNC(=O)c2cc(-c3ccncc3)nc3ccccc23)s1. The molecule has 1 amide bonds. The average Bonchev–Trinajstić information content (AvgIpc) is 3.21. The molecule has 4 aromatic rings. The molecule has 0 bridgehead atoms. The van der Waals surface area contributed by atoms with Crippen LogP contribution in [0.4, 0.5) is 0 Å². The Morgan fingerprint density at radius 3 is 2.55 bits per heavy atom. The Morgan fingerprint density at radius 1 is 1.07 bits per heavy atom. The zero-order valence-corrected chi connectivity index (χ0v) is 16.7. The van der Waals surface area contributed by atoms with Crippen molar-refractivity contribution < 1.29 is 13.2 Å². The summed E-state index contributed by atoms with van der Waals surface area (Å²) in [6.45, 7) is 0.195. The van der Waals surface area contributed by atoms with E-state index in [0.29, 0.717) is 21.7 Å². The van der Waals surface area contributed by atoms with Crippen LogP contribution in [-0.4, -0.2) is 24.3 Å². The summed E-state index contributed by atoms with van der Waals surface area (Å²) in [6.07, 6.45) is 3.34. The molecule has 0 atom stereocenters. The molecule has 4 rings (SSSR count). The summed E-state index contributed by atoms with van der Waals surface area (Å²) in [5.41, 5.74) is 2.73. The molecule has 3 aromatic heterocycles. The second kappa shape index (κ2) is 7.70. The fourth-order valence-electron chi connectivity index (χ4n) is 2.90. The third kappa shape index (κ3) is 4.16. The van der Waals surface area contributed by atoms with Gasteiger partial charge in [0.05, 0.1) is 23.3 Å². The molecule has 3 heterocycles. The predicted octanol–water partition coefficient (Wildman–Crippen LogP) is 2.94. The number of carbonyl (C=O) groups excluding carboxylic acids is 1. The maximum atomic E-state index is 12.9. The molecule has 29 heavy (non-hydrogen) atoms. The van der Waals surface area contributed by atoms with Crippen molar-refractivity contribution in [3.8, 4) is 11.3 Å². The number of benzene rings is 1. The van der Waals surface area contributed by atoms with Gasteiger partial charge in [0.1, 0.15) is 4.21 Å². The normalized spacial score (nSPS) is 11.5. The Kier molecular flexibility index (Phi) is 5.10. The highest BCUT2D eigenvalue weighted by Crippen LogP contribution is 2.25. The summed E-state index contributed by atoms with van der Waals surface area (Å²) in [4.78, 5) is 22.3. The van der Waals surface area contributed by atoms with Crippen molar-refractivity contribution in [2.24, 2.45) is 5.14 Å². The molecule has 3 N–H and O–H groups in total. The lowest BCUT2D eigenvalue weighted by Gasteiger charge is -2.10. The molecule has 0 unspecified atom stereocenters. The van der Waals surface area contributed by atoms with Gasteiger partial charge in [0, 0.05) is 28.2 Å². The van der Waals surface area contributed by atoms with Crippen LogP contribution in [-0.2, 0) is 16.6 Å². The number of carbonyl (C=O) groups is 1. The van der Waals surface area contributed by atoms with Gasteiger partial charge in [-0.2, -0.15) is 0 Å². The third-order valence-electron chi connectivity index (χ3n) is 4.28. The lowest BCUT2D eigenvalue weighted by molar-refractivity contribution is 0.0953. The Bertz CT molecular complexity index is 1300. The molecule has 0 radical (unpaired) electrons. The van der Waals surface area contributed by atoms with Gasteiger partial charge in [0.2, 0.25) is 10.0 Å². The van der Waals surface area contributed by atoms with Crippen LogP contribution in [0.25, 0.3) is 22.2 Å². The number of rotatable bonds is 5. The number of nitrogens with zero attached hydrogens (tertiary/aromatic N) is 2. The number of hydrogen-bond donors (Lipinski definition) is 2. The van der Waals surface area contributed by atoms with Crippen LogP contribution >= 0.6 is 11.3 Å². The van der Waals surface area contributed by atoms with Gasteiger partial charge in [-0.1, -0.05) is 18.2 Å². The highest BCUT2D eigenvalue weighted by Gasteiger charge is 2.15. The number of fused-ring (bicyclic) bond motifs is 1. The van der Waals surface area contributed by atoms with Crippen LogP contribution in [0.3, 0.4) is 0 Å². The van der Waals surface area contributed by atoms with Gasteiger partial charge >= 0.3 is 0 Å². The summed E-state index contributed by atoms with van der Waals surface area (Å²) in [7, 11) is -3.75. The van der Waals surface area contributed by atoms with Crippen molar-refractivity contribution in [2.75, 3.05) is 0 Å². The smallest absolute Gasteiger partial charge is 0.252 e. The summed E-state index contributed by atoms with van der Waals surface area (Å²) >= 11 is 1.03. The first-order valence-corrected chi connectivity index (χ1v) is 11.0. The molecule has 1 aromatic carbocycles. The van der Waals surface area contributed by atoms with Crippen LogP contribution in [0.1, 0.15) is 15.2 Å². The molecule has 0 aliphatic carbocycles. The molecule has 0 saturated heterocycles. The first kappa shape index (κ1) is 19.2. The molecule has 0 saturated carbocycles. The number of aromatic nitrogens is 2. The average molecular weight is 425 g/mol. The van der Waals surface area contributed by atoms with E-state index in [1.54, 1.807) is 24.5 Å². The standard InChI is InChI=1S/C20H16N4O3S2/c21-29(26,27)19-6-5-14(28-19)12-23-20(25)16-11-18(13-7-9-22-10-8-13)24-17-4-2-1-3-15(16)17/h1-11H,12H2,(H,23,25)(H2,21,26,27). The third-order valence-corrected chi connectivity index (χ3v) is 6.80. The topological polar surface area (TPSA) is 115 Å². The number of hydrogen-bond acceptors (Lipinski definition) is 6. The van der Waals surface area contributed by atoms with Crippen LogP contribution in [0.5, 0.6) is 0 Å². The molecule has 0 spiro atoms. The van der Waals surface area contributed by atoms with E-state index in [2.05, 4.69) is 15.3 Å². The van der Waals surface area contributed by atoms with Gasteiger partial charge in [-0.05, 0) is 36.4 Å². The largest absolute Gasteiger partial charge is 0.347 e. The number of para-hydroxylation sites is 1. The van der Waals surface area contributed by atoms with E-state index >= 15 is 0 Å². The van der Waals surface area contributed by atoms with Crippen LogP contribution in [0, 0.1) is 0 Å². The van der Waals surface area contributed by atoms with Crippen molar-refractivity contribution in [3.05, 3.63) is 77.4 Å².